The fraction of sp³-hybridized carbons (Fsp3) is 0.0714. The van der Waals surface area contributed by atoms with Gasteiger partial charge in [-0.2, -0.15) is 0 Å². The number of halogens is 2. The third-order valence-corrected chi connectivity index (χ3v) is 4.56. The van der Waals surface area contributed by atoms with Crippen LogP contribution >= 0.6 is 34.5 Å². The average Bonchev–Trinajstić information content (AvgIpc) is 2.77. The second kappa shape index (κ2) is 5.13. The first-order valence-corrected chi connectivity index (χ1v) is 7.49. The lowest BCUT2D eigenvalue weighted by Crippen LogP contribution is -1.91. The molecule has 20 heavy (non-hydrogen) atoms. The number of nitrogens with zero attached hydrogens (tertiary/aromatic N) is 1. The molecule has 0 bridgehead atoms. The minimum absolute atomic E-state index is 0.616. The van der Waals surface area contributed by atoms with Crippen molar-refractivity contribution in [3.63, 3.8) is 0 Å². The summed E-state index contributed by atoms with van der Waals surface area (Å²) >= 11 is 13.9. The van der Waals surface area contributed by atoms with Gasteiger partial charge in [-0.25, -0.2) is 4.98 Å². The SMILES string of the molecule is Cc1cc(Cl)c(Nc2nc3ccc(N)cc3s2)cc1Cl. The number of anilines is 3. The van der Waals surface area contributed by atoms with Gasteiger partial charge in [0, 0.05) is 10.7 Å². The van der Waals surface area contributed by atoms with Crippen LogP contribution < -0.4 is 11.1 Å². The molecule has 3 rings (SSSR count). The van der Waals surface area contributed by atoms with E-state index in [0.717, 1.165) is 32.3 Å². The Labute approximate surface area is 130 Å². The van der Waals surface area contributed by atoms with Gasteiger partial charge in [0.2, 0.25) is 0 Å². The van der Waals surface area contributed by atoms with Crippen LogP contribution in [0.4, 0.5) is 16.5 Å². The summed E-state index contributed by atoms with van der Waals surface area (Å²) < 4.78 is 1.03. The first-order chi connectivity index (χ1) is 9.52. The Kier molecular flexibility index (Phi) is 3.46. The second-order valence-corrected chi connectivity index (χ2v) is 6.30. The van der Waals surface area contributed by atoms with E-state index in [-0.39, 0.29) is 0 Å². The summed E-state index contributed by atoms with van der Waals surface area (Å²) in [5.74, 6) is 0. The molecule has 0 aliphatic rings. The smallest absolute Gasteiger partial charge is 0.188 e. The van der Waals surface area contributed by atoms with E-state index in [0.29, 0.717) is 10.0 Å². The van der Waals surface area contributed by atoms with Crippen LogP contribution in [0.2, 0.25) is 10.0 Å². The van der Waals surface area contributed by atoms with Gasteiger partial charge in [-0.3, -0.25) is 0 Å². The second-order valence-electron chi connectivity index (χ2n) is 4.45. The highest BCUT2D eigenvalue weighted by atomic mass is 35.5. The van der Waals surface area contributed by atoms with E-state index >= 15 is 0 Å². The van der Waals surface area contributed by atoms with Gasteiger partial charge in [-0.15, -0.1) is 0 Å². The Bertz CT molecular complexity index is 798. The number of benzene rings is 2. The highest BCUT2D eigenvalue weighted by molar-refractivity contribution is 7.22. The van der Waals surface area contributed by atoms with Gasteiger partial charge in [0.1, 0.15) is 0 Å². The molecule has 0 saturated carbocycles. The van der Waals surface area contributed by atoms with Gasteiger partial charge in [0.25, 0.3) is 0 Å². The normalized spacial score (nSPS) is 10.9. The third-order valence-electron chi connectivity index (χ3n) is 2.90. The molecule has 0 radical (unpaired) electrons. The van der Waals surface area contributed by atoms with Crippen molar-refractivity contribution in [2.75, 3.05) is 11.1 Å². The van der Waals surface area contributed by atoms with Crippen molar-refractivity contribution in [1.29, 1.82) is 0 Å². The summed E-state index contributed by atoms with van der Waals surface area (Å²) in [6.45, 7) is 1.92. The van der Waals surface area contributed by atoms with Crippen LogP contribution in [0.3, 0.4) is 0 Å². The van der Waals surface area contributed by atoms with Crippen LogP contribution in [-0.2, 0) is 0 Å². The summed E-state index contributed by atoms with van der Waals surface area (Å²) in [5.41, 5.74) is 9.08. The highest BCUT2D eigenvalue weighted by Crippen LogP contribution is 2.34. The number of nitrogens with one attached hydrogen (secondary N) is 1. The van der Waals surface area contributed by atoms with Gasteiger partial charge in [0.05, 0.1) is 20.9 Å². The van der Waals surface area contributed by atoms with Crippen LogP contribution in [0, 0.1) is 6.92 Å². The number of hydrogen-bond acceptors (Lipinski definition) is 4. The topological polar surface area (TPSA) is 50.9 Å². The van der Waals surface area contributed by atoms with Gasteiger partial charge in [-0.1, -0.05) is 34.5 Å². The summed E-state index contributed by atoms with van der Waals surface area (Å²) in [4.78, 5) is 4.49. The van der Waals surface area contributed by atoms with Crippen molar-refractivity contribution >= 4 is 61.3 Å². The van der Waals surface area contributed by atoms with E-state index in [1.807, 2.05) is 31.2 Å². The molecule has 2 aromatic carbocycles. The number of nitrogens with two attached hydrogens (primary N) is 1. The zero-order chi connectivity index (χ0) is 14.3. The van der Waals surface area contributed by atoms with Crippen molar-refractivity contribution in [2.45, 2.75) is 6.92 Å². The van der Waals surface area contributed by atoms with E-state index < -0.39 is 0 Å². The highest BCUT2D eigenvalue weighted by Gasteiger charge is 2.08. The molecule has 1 aromatic heterocycles. The fourth-order valence-corrected chi connectivity index (χ4v) is 3.21. The first-order valence-electron chi connectivity index (χ1n) is 5.91. The molecule has 0 amide bonds. The van der Waals surface area contributed by atoms with E-state index in [4.69, 9.17) is 28.9 Å². The molecule has 0 fully saturated rings. The van der Waals surface area contributed by atoms with Gasteiger partial charge in [-0.05, 0) is 42.8 Å². The predicted molar refractivity (Wildman–Crippen MR) is 88.5 cm³/mol. The molecule has 3 nitrogen and oxygen atoms in total. The number of nitrogen functional groups attached to an aromatic ring is 1. The predicted octanol–water partition coefficient (Wildman–Crippen LogP) is 5.24. The van der Waals surface area contributed by atoms with Crippen LogP contribution in [-0.4, -0.2) is 4.98 Å². The zero-order valence-corrected chi connectivity index (χ0v) is 12.9. The number of aromatic nitrogens is 1. The molecule has 3 N–H and O–H groups in total. The Morgan fingerprint density at radius 3 is 2.75 bits per heavy atom. The largest absolute Gasteiger partial charge is 0.399 e. The average molecular weight is 324 g/mol. The van der Waals surface area contributed by atoms with Gasteiger partial charge < -0.3 is 11.1 Å². The summed E-state index contributed by atoms with van der Waals surface area (Å²) in [5, 5.41) is 5.24. The van der Waals surface area contributed by atoms with Crippen molar-refractivity contribution in [2.24, 2.45) is 0 Å². The van der Waals surface area contributed by atoms with Crippen LogP contribution in [0.5, 0.6) is 0 Å². The summed E-state index contributed by atoms with van der Waals surface area (Å²) in [6.07, 6.45) is 0. The molecule has 102 valence electrons. The summed E-state index contributed by atoms with van der Waals surface area (Å²) in [6, 6.07) is 9.27. The van der Waals surface area contributed by atoms with E-state index in [1.54, 1.807) is 6.07 Å². The van der Waals surface area contributed by atoms with E-state index in [9.17, 15) is 0 Å². The van der Waals surface area contributed by atoms with Crippen LogP contribution in [0.15, 0.2) is 30.3 Å². The van der Waals surface area contributed by atoms with Crippen LogP contribution in [0.25, 0.3) is 10.2 Å². The quantitative estimate of drug-likeness (QED) is 0.634. The van der Waals surface area contributed by atoms with Crippen molar-refractivity contribution in [3.8, 4) is 0 Å². The fourth-order valence-electron chi connectivity index (χ4n) is 1.85. The molecule has 0 saturated heterocycles. The van der Waals surface area contributed by atoms with Crippen molar-refractivity contribution < 1.29 is 0 Å². The lowest BCUT2D eigenvalue weighted by atomic mass is 10.2. The van der Waals surface area contributed by atoms with Crippen molar-refractivity contribution in [1.82, 2.24) is 4.98 Å². The van der Waals surface area contributed by atoms with E-state index in [1.165, 1.54) is 11.3 Å². The molecule has 1 heterocycles. The molecule has 6 heteroatoms. The first kappa shape index (κ1) is 13.5. The molecule has 0 spiro atoms. The molecule has 0 aliphatic heterocycles. The number of fused-ring (bicyclic) bond motifs is 1. The minimum atomic E-state index is 0.616. The Morgan fingerprint density at radius 2 is 1.95 bits per heavy atom. The molecule has 0 atom stereocenters. The maximum atomic E-state index is 6.21. The molecule has 0 aliphatic carbocycles. The van der Waals surface area contributed by atoms with Gasteiger partial charge >= 0.3 is 0 Å². The van der Waals surface area contributed by atoms with Crippen LogP contribution in [0.1, 0.15) is 5.56 Å². The molecular weight excluding hydrogens is 313 g/mol. The number of thiazole rings is 1. The maximum absolute atomic E-state index is 6.21. The maximum Gasteiger partial charge on any atom is 0.188 e. The molecule has 0 unspecified atom stereocenters. The third kappa shape index (κ3) is 2.54. The number of aryl methyl sites for hydroxylation is 1. The van der Waals surface area contributed by atoms with E-state index in [2.05, 4.69) is 10.3 Å². The Balaban J connectivity index is 1.99. The lowest BCUT2D eigenvalue weighted by Gasteiger charge is -2.07. The minimum Gasteiger partial charge on any atom is -0.399 e. The zero-order valence-electron chi connectivity index (χ0n) is 10.6. The Hall–Kier alpha value is -1.49. The standard InChI is InChI=1S/C14H11Cl2N3S/c1-7-4-10(16)12(6-9(7)15)19-14-18-11-3-2-8(17)5-13(11)20-14/h2-6H,17H2,1H3,(H,18,19). The van der Waals surface area contributed by atoms with Gasteiger partial charge in [0.15, 0.2) is 5.13 Å². The monoisotopic (exact) mass is 323 g/mol. The number of rotatable bonds is 2. The summed E-state index contributed by atoms with van der Waals surface area (Å²) in [7, 11) is 0. The molecular formula is C14H11Cl2N3S. The Morgan fingerprint density at radius 1 is 1.15 bits per heavy atom. The lowest BCUT2D eigenvalue weighted by molar-refractivity contribution is 1.42. The molecule has 3 aromatic rings. The number of hydrogen-bond donors (Lipinski definition) is 2. The van der Waals surface area contributed by atoms with Crippen molar-refractivity contribution in [3.05, 3.63) is 45.9 Å².